The zero-order chi connectivity index (χ0) is 25.9. The molecule has 0 bridgehead atoms. The normalized spacial score (nSPS) is 15.8. The first-order chi connectivity index (χ1) is 18.1. The number of likely N-dealkylation sites (tertiary alicyclic amines) is 1. The van der Waals surface area contributed by atoms with E-state index in [2.05, 4.69) is 70.0 Å². The molecule has 200 valence electrons. The number of β-amino-alcohol motifs (C(OH)–C–C–N with tert-alkyl or cyclic N) is 1. The lowest BCUT2D eigenvalue weighted by atomic mass is 9.95. The van der Waals surface area contributed by atoms with Crippen LogP contribution in [0, 0.1) is 13.8 Å². The van der Waals surface area contributed by atoms with Crippen molar-refractivity contribution in [2.24, 2.45) is 0 Å². The van der Waals surface area contributed by atoms with Gasteiger partial charge in [-0.1, -0.05) is 24.3 Å². The van der Waals surface area contributed by atoms with Crippen molar-refractivity contribution in [2.75, 3.05) is 45.9 Å². The zero-order valence-corrected chi connectivity index (χ0v) is 22.4. The van der Waals surface area contributed by atoms with Crippen LogP contribution in [0.25, 0.3) is 11.1 Å². The summed E-state index contributed by atoms with van der Waals surface area (Å²) < 4.78 is 14.4. The highest BCUT2D eigenvalue weighted by Gasteiger charge is 2.19. The highest BCUT2D eigenvalue weighted by Crippen LogP contribution is 2.35. The molecule has 0 spiro atoms. The minimum absolute atomic E-state index is 0.164. The standard InChI is InChI=1S/C30H42N4O3/c1-24-27(8-3-10-29(24)36-20-6-14-31-13-5-16-34-19-15-32-23-34)28-9-4-11-30(25(28)2)37-21-7-17-33-18-12-26(35)22-33/h3-4,8-11,15,19,23,26,31,35H,5-7,12-14,16-18,20-22H2,1-2H3/t26-/m1/s1. The van der Waals surface area contributed by atoms with Crippen LogP contribution >= 0.6 is 0 Å². The number of aliphatic hydroxyl groups is 1. The lowest BCUT2D eigenvalue weighted by molar-refractivity contribution is 0.173. The molecule has 0 amide bonds. The predicted molar refractivity (Wildman–Crippen MR) is 148 cm³/mol. The number of aliphatic hydroxyl groups excluding tert-OH is 1. The van der Waals surface area contributed by atoms with Gasteiger partial charge in [0.05, 0.1) is 25.6 Å². The molecular weight excluding hydrogens is 464 g/mol. The quantitative estimate of drug-likeness (QED) is 0.297. The van der Waals surface area contributed by atoms with Gasteiger partial charge in [-0.3, -0.25) is 0 Å². The number of benzene rings is 2. The summed E-state index contributed by atoms with van der Waals surface area (Å²) in [6.45, 7) is 11.3. The second kappa shape index (κ2) is 14.2. The number of nitrogens with zero attached hydrogens (tertiary/aromatic N) is 3. The maximum absolute atomic E-state index is 9.69. The first-order valence-electron chi connectivity index (χ1n) is 13.6. The van der Waals surface area contributed by atoms with Crippen LogP contribution < -0.4 is 14.8 Å². The van der Waals surface area contributed by atoms with Gasteiger partial charge in [0.25, 0.3) is 0 Å². The third-order valence-corrected chi connectivity index (χ3v) is 7.07. The molecule has 0 saturated carbocycles. The number of hydrogen-bond donors (Lipinski definition) is 2. The first-order valence-corrected chi connectivity index (χ1v) is 13.6. The molecule has 1 aliphatic heterocycles. The van der Waals surface area contributed by atoms with Crippen molar-refractivity contribution in [3.05, 3.63) is 66.2 Å². The average Bonchev–Trinajstić information content (AvgIpc) is 3.57. The molecule has 1 saturated heterocycles. The number of aryl methyl sites for hydroxylation is 1. The monoisotopic (exact) mass is 506 g/mol. The number of aromatic nitrogens is 2. The molecule has 3 aromatic rings. The predicted octanol–water partition coefficient (Wildman–Crippen LogP) is 4.45. The van der Waals surface area contributed by atoms with Gasteiger partial charge in [0, 0.05) is 38.6 Å². The Morgan fingerprint density at radius 1 is 0.919 bits per heavy atom. The van der Waals surface area contributed by atoms with Crippen LogP contribution in [0.15, 0.2) is 55.1 Å². The molecule has 37 heavy (non-hydrogen) atoms. The minimum atomic E-state index is -0.164. The Labute approximate surface area is 221 Å². The Hall–Kier alpha value is -2.87. The maximum atomic E-state index is 9.69. The van der Waals surface area contributed by atoms with E-state index in [1.165, 1.54) is 11.1 Å². The Bertz CT molecular complexity index is 1090. The van der Waals surface area contributed by atoms with Crippen molar-refractivity contribution in [3.8, 4) is 22.6 Å². The van der Waals surface area contributed by atoms with Crippen molar-refractivity contribution >= 4 is 0 Å². The molecule has 1 aliphatic rings. The molecule has 2 heterocycles. The van der Waals surface area contributed by atoms with E-state index in [1.54, 1.807) is 0 Å². The van der Waals surface area contributed by atoms with Crippen molar-refractivity contribution in [1.29, 1.82) is 0 Å². The fraction of sp³-hybridized carbons (Fsp3) is 0.500. The topological polar surface area (TPSA) is 71.8 Å². The van der Waals surface area contributed by atoms with Gasteiger partial charge >= 0.3 is 0 Å². The third kappa shape index (κ3) is 8.06. The third-order valence-electron chi connectivity index (χ3n) is 7.07. The fourth-order valence-corrected chi connectivity index (χ4v) is 4.92. The summed E-state index contributed by atoms with van der Waals surface area (Å²) in [5.41, 5.74) is 4.68. The molecule has 4 rings (SSSR count). The largest absolute Gasteiger partial charge is 0.493 e. The summed E-state index contributed by atoms with van der Waals surface area (Å²) in [4.78, 5) is 6.38. The number of rotatable bonds is 15. The second-order valence-corrected chi connectivity index (χ2v) is 9.91. The summed E-state index contributed by atoms with van der Waals surface area (Å²) in [7, 11) is 0. The average molecular weight is 507 g/mol. The molecule has 2 N–H and O–H groups in total. The van der Waals surface area contributed by atoms with Crippen LogP contribution in [0.2, 0.25) is 0 Å². The van der Waals surface area contributed by atoms with Gasteiger partial charge in [0.1, 0.15) is 11.5 Å². The van der Waals surface area contributed by atoms with Crippen LogP contribution in [0.3, 0.4) is 0 Å². The van der Waals surface area contributed by atoms with Crippen LogP contribution in [0.1, 0.15) is 36.8 Å². The Balaban J connectivity index is 1.22. The summed E-state index contributed by atoms with van der Waals surface area (Å²) in [5.74, 6) is 1.87. The molecule has 1 aromatic heterocycles. The number of hydrogen-bond acceptors (Lipinski definition) is 6. The van der Waals surface area contributed by atoms with Crippen LogP contribution in [-0.4, -0.2) is 71.6 Å². The maximum Gasteiger partial charge on any atom is 0.122 e. The molecule has 1 fully saturated rings. The molecule has 2 aromatic carbocycles. The van der Waals surface area contributed by atoms with Crippen molar-refractivity contribution in [3.63, 3.8) is 0 Å². The van der Waals surface area contributed by atoms with Crippen molar-refractivity contribution in [1.82, 2.24) is 19.8 Å². The summed E-state index contributed by atoms with van der Waals surface area (Å²) in [6, 6.07) is 12.6. The number of ether oxygens (including phenoxy) is 2. The fourth-order valence-electron chi connectivity index (χ4n) is 4.92. The highest BCUT2D eigenvalue weighted by molar-refractivity contribution is 5.74. The van der Waals surface area contributed by atoms with Gasteiger partial charge in [-0.25, -0.2) is 4.98 Å². The zero-order valence-electron chi connectivity index (χ0n) is 22.4. The molecule has 0 radical (unpaired) electrons. The van der Waals surface area contributed by atoms with Gasteiger partial charge in [-0.15, -0.1) is 0 Å². The van der Waals surface area contributed by atoms with E-state index in [-0.39, 0.29) is 6.10 Å². The van der Waals surface area contributed by atoms with E-state index in [4.69, 9.17) is 9.47 Å². The first kappa shape index (κ1) is 27.2. The van der Waals surface area contributed by atoms with Crippen LogP contribution in [0.5, 0.6) is 11.5 Å². The van der Waals surface area contributed by atoms with Gasteiger partial charge in [0.15, 0.2) is 0 Å². The van der Waals surface area contributed by atoms with Gasteiger partial charge < -0.3 is 29.4 Å². The van der Waals surface area contributed by atoms with Gasteiger partial charge in [0.2, 0.25) is 0 Å². The molecule has 1 atom stereocenters. The van der Waals surface area contributed by atoms with E-state index in [0.717, 1.165) is 87.6 Å². The van der Waals surface area contributed by atoms with E-state index in [9.17, 15) is 5.11 Å². The summed E-state index contributed by atoms with van der Waals surface area (Å²) in [6.07, 6.45) is 9.41. The van der Waals surface area contributed by atoms with E-state index in [0.29, 0.717) is 13.2 Å². The molecular formula is C30H42N4O3. The Morgan fingerprint density at radius 3 is 2.22 bits per heavy atom. The number of nitrogens with one attached hydrogen (secondary N) is 1. The smallest absolute Gasteiger partial charge is 0.122 e. The number of imidazole rings is 1. The summed E-state index contributed by atoms with van der Waals surface area (Å²) >= 11 is 0. The van der Waals surface area contributed by atoms with E-state index < -0.39 is 0 Å². The van der Waals surface area contributed by atoms with Gasteiger partial charge in [-0.05, 0) is 87.0 Å². The summed E-state index contributed by atoms with van der Waals surface area (Å²) in [5, 5.41) is 13.2. The van der Waals surface area contributed by atoms with Crippen molar-refractivity contribution in [2.45, 2.75) is 52.2 Å². The van der Waals surface area contributed by atoms with Gasteiger partial charge in [-0.2, -0.15) is 0 Å². The van der Waals surface area contributed by atoms with E-state index >= 15 is 0 Å². The lowest BCUT2D eigenvalue weighted by Gasteiger charge is -2.18. The molecule has 7 heteroatoms. The molecule has 0 aliphatic carbocycles. The molecule has 7 nitrogen and oxygen atoms in total. The second-order valence-electron chi connectivity index (χ2n) is 9.91. The Kier molecular flexibility index (Phi) is 10.4. The lowest BCUT2D eigenvalue weighted by Crippen LogP contribution is -2.24. The van der Waals surface area contributed by atoms with Crippen molar-refractivity contribution < 1.29 is 14.6 Å². The minimum Gasteiger partial charge on any atom is -0.493 e. The van der Waals surface area contributed by atoms with Crippen LogP contribution in [-0.2, 0) is 6.54 Å². The Morgan fingerprint density at radius 2 is 1.59 bits per heavy atom. The highest BCUT2D eigenvalue weighted by atomic mass is 16.5. The van der Waals surface area contributed by atoms with E-state index in [1.807, 2.05) is 18.7 Å². The SMILES string of the molecule is Cc1c(OCCCNCCCn2ccnc2)cccc1-c1cccc(OCCCN2CC[C@@H](O)C2)c1C. The molecule has 0 unspecified atom stereocenters. The van der Waals surface area contributed by atoms with Crippen LogP contribution in [0.4, 0.5) is 0 Å².